The highest BCUT2D eigenvalue weighted by atomic mass is 35.5. The minimum atomic E-state index is -0.252. The summed E-state index contributed by atoms with van der Waals surface area (Å²) in [6.07, 6.45) is 0.225. The summed E-state index contributed by atoms with van der Waals surface area (Å²) in [4.78, 5) is 12.7. The van der Waals surface area contributed by atoms with Crippen LogP contribution in [-0.2, 0) is 11.3 Å². The number of hydrogen-bond acceptors (Lipinski definition) is 3. The number of benzene rings is 2. The van der Waals surface area contributed by atoms with Crippen molar-refractivity contribution in [2.45, 2.75) is 32.7 Å². The molecular weight excluding hydrogens is 362 g/mol. The lowest BCUT2D eigenvalue weighted by atomic mass is 9.88. The van der Waals surface area contributed by atoms with Gasteiger partial charge in [-0.05, 0) is 43.2 Å². The summed E-state index contributed by atoms with van der Waals surface area (Å²) in [6.45, 7) is 4.26. The van der Waals surface area contributed by atoms with Crippen LogP contribution in [0.2, 0.25) is 5.02 Å². The van der Waals surface area contributed by atoms with Gasteiger partial charge in [0, 0.05) is 35.2 Å². The van der Waals surface area contributed by atoms with E-state index in [0.29, 0.717) is 11.6 Å². The molecule has 0 bridgehead atoms. The number of aromatic amines is 1. The highest BCUT2D eigenvalue weighted by Crippen LogP contribution is 2.34. The quantitative estimate of drug-likeness (QED) is 0.596. The van der Waals surface area contributed by atoms with Crippen LogP contribution in [0.3, 0.4) is 0 Å². The largest absolute Gasteiger partial charge is 0.508 e. The van der Waals surface area contributed by atoms with Crippen molar-refractivity contribution in [2.24, 2.45) is 0 Å². The summed E-state index contributed by atoms with van der Waals surface area (Å²) < 4.78 is 0. The zero-order valence-electron chi connectivity index (χ0n) is 15.3. The molecule has 0 aliphatic carbocycles. The average Bonchev–Trinajstić information content (AvgIpc) is 2.96. The van der Waals surface area contributed by atoms with Gasteiger partial charge < -0.3 is 10.4 Å². The van der Waals surface area contributed by atoms with Crippen LogP contribution >= 0.6 is 11.6 Å². The Morgan fingerprint density at radius 1 is 1.22 bits per heavy atom. The number of halogens is 1. The van der Waals surface area contributed by atoms with Gasteiger partial charge in [-0.15, -0.1) is 0 Å². The zero-order chi connectivity index (χ0) is 19.4. The van der Waals surface area contributed by atoms with Crippen molar-refractivity contribution in [3.05, 3.63) is 81.6 Å². The first-order chi connectivity index (χ1) is 13.0. The van der Waals surface area contributed by atoms with Gasteiger partial charge in [0.25, 0.3) is 0 Å². The molecule has 140 valence electrons. The average molecular weight is 384 g/mol. The lowest BCUT2D eigenvalue weighted by molar-refractivity contribution is -0.121. The van der Waals surface area contributed by atoms with Gasteiger partial charge in [-0.1, -0.05) is 41.9 Å². The molecule has 0 aliphatic heterocycles. The third-order valence-electron chi connectivity index (χ3n) is 4.69. The molecule has 0 saturated carbocycles. The van der Waals surface area contributed by atoms with Gasteiger partial charge in [0.05, 0.1) is 5.69 Å². The molecule has 1 amide bonds. The number of aryl methyl sites for hydroxylation is 2. The Labute approximate surface area is 163 Å². The van der Waals surface area contributed by atoms with Crippen LogP contribution in [0, 0.1) is 13.8 Å². The minimum absolute atomic E-state index is 0.0942. The number of carbonyl (C=O) groups excluding carboxylic acids is 1. The molecule has 0 radical (unpaired) electrons. The molecule has 0 aliphatic rings. The van der Waals surface area contributed by atoms with Gasteiger partial charge in [0.2, 0.25) is 5.91 Å². The van der Waals surface area contributed by atoms with Gasteiger partial charge in [-0.25, -0.2) is 0 Å². The number of rotatable bonds is 6. The van der Waals surface area contributed by atoms with Crippen LogP contribution in [-0.4, -0.2) is 21.2 Å². The van der Waals surface area contributed by atoms with Gasteiger partial charge in [-0.3, -0.25) is 9.89 Å². The maximum atomic E-state index is 12.7. The molecule has 0 saturated heterocycles. The lowest BCUT2D eigenvalue weighted by Crippen LogP contribution is -2.25. The second-order valence-corrected chi connectivity index (χ2v) is 6.97. The third-order valence-corrected chi connectivity index (χ3v) is 5.03. The molecule has 1 heterocycles. The fraction of sp³-hybridized carbons (Fsp3) is 0.238. The Morgan fingerprint density at radius 3 is 2.67 bits per heavy atom. The van der Waals surface area contributed by atoms with Crippen LogP contribution in [0.4, 0.5) is 0 Å². The van der Waals surface area contributed by atoms with Crippen molar-refractivity contribution in [1.29, 1.82) is 0 Å². The van der Waals surface area contributed by atoms with Crippen molar-refractivity contribution in [3.63, 3.8) is 0 Å². The van der Waals surface area contributed by atoms with E-state index >= 15 is 0 Å². The normalized spacial score (nSPS) is 12.0. The first kappa shape index (κ1) is 19.0. The third kappa shape index (κ3) is 4.49. The van der Waals surface area contributed by atoms with E-state index in [9.17, 15) is 9.90 Å². The number of amides is 1. The first-order valence-electron chi connectivity index (χ1n) is 8.76. The number of aromatic hydroxyl groups is 1. The van der Waals surface area contributed by atoms with E-state index in [-0.39, 0.29) is 24.0 Å². The topological polar surface area (TPSA) is 78.0 Å². The van der Waals surface area contributed by atoms with Crippen LogP contribution in [0.1, 0.15) is 40.4 Å². The number of nitrogens with zero attached hydrogens (tertiary/aromatic N) is 1. The van der Waals surface area contributed by atoms with E-state index in [1.165, 1.54) is 0 Å². The van der Waals surface area contributed by atoms with E-state index in [0.717, 1.165) is 28.1 Å². The summed E-state index contributed by atoms with van der Waals surface area (Å²) in [6, 6.07) is 14.4. The monoisotopic (exact) mass is 383 g/mol. The SMILES string of the molecule is Cc1n[nH]c(C)c1CNC(=O)CC(c1cccc(O)c1)c1ccccc1Cl. The summed E-state index contributed by atoms with van der Waals surface area (Å²) >= 11 is 6.39. The summed E-state index contributed by atoms with van der Waals surface area (Å²) in [7, 11) is 0. The molecule has 3 rings (SSSR count). The summed E-state index contributed by atoms with van der Waals surface area (Å²) in [5.41, 5.74) is 4.52. The van der Waals surface area contributed by atoms with Crippen molar-refractivity contribution in [3.8, 4) is 5.75 Å². The zero-order valence-corrected chi connectivity index (χ0v) is 16.0. The maximum Gasteiger partial charge on any atom is 0.221 e. The van der Waals surface area contributed by atoms with Crippen molar-refractivity contribution >= 4 is 17.5 Å². The van der Waals surface area contributed by atoms with Gasteiger partial charge >= 0.3 is 0 Å². The number of hydrogen-bond donors (Lipinski definition) is 3. The molecule has 27 heavy (non-hydrogen) atoms. The molecule has 1 aromatic heterocycles. The molecule has 5 nitrogen and oxygen atoms in total. The standard InChI is InChI=1S/C21H22ClN3O2/c1-13-19(14(2)25-24-13)12-23-21(27)11-18(15-6-5-7-16(26)10-15)17-8-3-4-9-20(17)22/h3-10,18,26H,11-12H2,1-2H3,(H,23,27)(H,24,25). The van der Waals surface area contributed by atoms with Crippen molar-refractivity contribution in [1.82, 2.24) is 15.5 Å². The van der Waals surface area contributed by atoms with E-state index < -0.39 is 0 Å². The lowest BCUT2D eigenvalue weighted by Gasteiger charge is -2.19. The smallest absolute Gasteiger partial charge is 0.221 e. The van der Waals surface area contributed by atoms with Crippen LogP contribution in [0.15, 0.2) is 48.5 Å². The molecule has 6 heteroatoms. The second kappa shape index (κ2) is 8.27. The molecule has 1 atom stereocenters. The molecule has 0 spiro atoms. The van der Waals surface area contributed by atoms with Crippen molar-refractivity contribution < 1.29 is 9.90 Å². The number of phenolic OH excluding ortho intramolecular Hbond substituents is 1. The first-order valence-corrected chi connectivity index (χ1v) is 9.14. The molecule has 2 aromatic carbocycles. The van der Waals surface area contributed by atoms with Gasteiger partial charge in [0.15, 0.2) is 0 Å². The maximum absolute atomic E-state index is 12.7. The number of aromatic nitrogens is 2. The highest BCUT2D eigenvalue weighted by Gasteiger charge is 2.21. The minimum Gasteiger partial charge on any atom is -0.508 e. The highest BCUT2D eigenvalue weighted by molar-refractivity contribution is 6.31. The Bertz CT molecular complexity index is 933. The molecule has 3 aromatic rings. The Balaban J connectivity index is 1.81. The van der Waals surface area contributed by atoms with E-state index in [2.05, 4.69) is 15.5 Å². The molecule has 0 fully saturated rings. The number of carbonyl (C=O) groups is 1. The number of H-pyrrole nitrogens is 1. The van der Waals surface area contributed by atoms with Crippen molar-refractivity contribution in [2.75, 3.05) is 0 Å². The predicted octanol–water partition coefficient (Wildman–Crippen LogP) is 4.22. The predicted molar refractivity (Wildman–Crippen MR) is 106 cm³/mol. The van der Waals surface area contributed by atoms with E-state index in [4.69, 9.17) is 11.6 Å². The summed E-state index contributed by atoms with van der Waals surface area (Å²) in [5, 5.41) is 20.5. The fourth-order valence-corrected chi connectivity index (χ4v) is 3.45. The van der Waals surface area contributed by atoms with E-state index in [1.807, 2.05) is 44.2 Å². The Hall–Kier alpha value is -2.79. The number of phenols is 1. The summed E-state index contributed by atoms with van der Waals surface area (Å²) in [5.74, 6) is -0.185. The van der Waals surface area contributed by atoms with Crippen LogP contribution < -0.4 is 5.32 Å². The van der Waals surface area contributed by atoms with Crippen LogP contribution in [0.5, 0.6) is 5.75 Å². The van der Waals surface area contributed by atoms with Crippen LogP contribution in [0.25, 0.3) is 0 Å². The molecular formula is C21H22ClN3O2. The van der Waals surface area contributed by atoms with Gasteiger partial charge in [0.1, 0.15) is 5.75 Å². The molecule has 1 unspecified atom stereocenters. The van der Waals surface area contributed by atoms with Gasteiger partial charge in [-0.2, -0.15) is 5.10 Å². The number of nitrogens with one attached hydrogen (secondary N) is 2. The van der Waals surface area contributed by atoms with E-state index in [1.54, 1.807) is 18.2 Å². The Kier molecular flexibility index (Phi) is 5.81. The fourth-order valence-electron chi connectivity index (χ4n) is 3.19. The molecule has 3 N–H and O–H groups in total. The second-order valence-electron chi connectivity index (χ2n) is 6.56. The Morgan fingerprint density at radius 2 is 2.00 bits per heavy atom.